The number of esters is 1. The van der Waals surface area contributed by atoms with Crippen molar-refractivity contribution < 1.29 is 37.3 Å². The van der Waals surface area contributed by atoms with Gasteiger partial charge in [-0.3, -0.25) is 0 Å². The zero-order valence-corrected chi connectivity index (χ0v) is 14.4. The first-order valence-corrected chi connectivity index (χ1v) is 8.19. The second-order valence-electron chi connectivity index (χ2n) is 6.56. The van der Waals surface area contributed by atoms with E-state index in [1.807, 2.05) is 0 Å². The summed E-state index contributed by atoms with van der Waals surface area (Å²) in [6.45, 7) is 2.63. The van der Waals surface area contributed by atoms with Gasteiger partial charge in [0.25, 0.3) is 0 Å². The Morgan fingerprint density at radius 2 is 1.77 bits per heavy atom. The van der Waals surface area contributed by atoms with Gasteiger partial charge < -0.3 is 19.3 Å². The van der Waals surface area contributed by atoms with Crippen molar-refractivity contribution in [2.45, 2.75) is 38.5 Å². The number of ether oxygens (including phenoxy) is 3. The van der Waals surface area contributed by atoms with Crippen molar-refractivity contribution in [2.75, 3.05) is 19.8 Å². The first kappa shape index (κ1) is 18.6. The van der Waals surface area contributed by atoms with Gasteiger partial charge in [-0.15, -0.1) is 0 Å². The predicted octanol–water partition coefficient (Wildman–Crippen LogP) is 3.62. The molecule has 1 aromatic carbocycles. The van der Waals surface area contributed by atoms with Crippen LogP contribution in [-0.4, -0.2) is 42.7 Å². The molecule has 142 valence electrons. The smallest absolute Gasteiger partial charge is 0.422 e. The second kappa shape index (κ2) is 6.50. The molecule has 3 rings (SSSR count). The minimum absolute atomic E-state index is 0.0494. The largest absolute Gasteiger partial charge is 0.507 e. The van der Waals surface area contributed by atoms with E-state index in [4.69, 9.17) is 14.2 Å². The first-order valence-electron chi connectivity index (χ1n) is 8.19. The van der Waals surface area contributed by atoms with Gasteiger partial charge in [-0.1, -0.05) is 0 Å². The van der Waals surface area contributed by atoms with Crippen molar-refractivity contribution in [1.82, 2.24) is 0 Å². The van der Waals surface area contributed by atoms with Crippen molar-refractivity contribution in [3.63, 3.8) is 0 Å². The number of alkyl halides is 3. The number of benzene rings is 1. The molecule has 26 heavy (non-hydrogen) atoms. The van der Waals surface area contributed by atoms with Crippen LogP contribution >= 0.6 is 0 Å². The van der Waals surface area contributed by atoms with Gasteiger partial charge in [0.1, 0.15) is 11.3 Å². The summed E-state index contributed by atoms with van der Waals surface area (Å²) in [5, 5.41) is 10.7. The summed E-state index contributed by atoms with van der Waals surface area (Å²) in [4.78, 5) is 12.4. The monoisotopic (exact) mass is 372 g/mol. The standard InChI is InChI=1S/C18H19F3O5/c1-10-7-12(25-9-18(19,20)21)8-11(2)13(10)14-15(22)17(26-16(14)23)3-5-24-6-4-17/h7-8,22H,3-6,9H2,1-2H3. The van der Waals surface area contributed by atoms with Crippen molar-refractivity contribution in [3.8, 4) is 5.75 Å². The summed E-state index contributed by atoms with van der Waals surface area (Å²) in [7, 11) is 0. The van der Waals surface area contributed by atoms with E-state index in [1.165, 1.54) is 12.1 Å². The average Bonchev–Trinajstić information content (AvgIpc) is 2.77. The van der Waals surface area contributed by atoms with Gasteiger partial charge in [0.05, 0.1) is 13.2 Å². The fourth-order valence-electron chi connectivity index (χ4n) is 3.43. The normalized spacial score (nSPS) is 19.8. The molecule has 1 aromatic rings. The third-order valence-electron chi connectivity index (χ3n) is 4.62. The molecule has 1 fully saturated rings. The first-order chi connectivity index (χ1) is 12.1. The molecule has 1 spiro atoms. The van der Waals surface area contributed by atoms with Gasteiger partial charge in [-0.25, -0.2) is 4.79 Å². The fraction of sp³-hybridized carbons (Fsp3) is 0.500. The highest BCUT2D eigenvalue weighted by Crippen LogP contribution is 2.44. The zero-order chi connectivity index (χ0) is 19.1. The molecule has 2 heterocycles. The Labute approximate surface area is 148 Å². The SMILES string of the molecule is Cc1cc(OCC(F)(F)F)cc(C)c1C1=C(O)C2(CCOCC2)OC1=O. The molecular weight excluding hydrogens is 353 g/mol. The molecule has 0 atom stereocenters. The number of aliphatic hydroxyl groups excluding tert-OH is 1. The molecule has 8 heteroatoms. The molecule has 5 nitrogen and oxygen atoms in total. The van der Waals surface area contributed by atoms with Crippen molar-refractivity contribution in [3.05, 3.63) is 34.6 Å². The molecule has 1 N–H and O–H groups in total. The number of carbonyl (C=O) groups excluding carboxylic acids is 1. The second-order valence-corrected chi connectivity index (χ2v) is 6.56. The Morgan fingerprint density at radius 3 is 2.31 bits per heavy atom. The third-order valence-corrected chi connectivity index (χ3v) is 4.62. The van der Waals surface area contributed by atoms with Crippen LogP contribution in [0.4, 0.5) is 13.2 Å². The molecule has 2 aliphatic rings. The number of aryl methyl sites for hydroxylation is 2. The van der Waals surface area contributed by atoms with Crippen molar-refractivity contribution in [2.24, 2.45) is 0 Å². The summed E-state index contributed by atoms with van der Waals surface area (Å²) in [5.74, 6) is -0.728. The predicted molar refractivity (Wildman–Crippen MR) is 85.9 cm³/mol. The molecule has 0 amide bonds. The van der Waals surface area contributed by atoms with Gasteiger partial charge >= 0.3 is 12.1 Å². The van der Waals surface area contributed by atoms with Crippen LogP contribution in [0.1, 0.15) is 29.5 Å². The van der Waals surface area contributed by atoms with E-state index >= 15 is 0 Å². The van der Waals surface area contributed by atoms with Crippen molar-refractivity contribution in [1.29, 1.82) is 0 Å². The fourth-order valence-corrected chi connectivity index (χ4v) is 3.43. The van der Waals surface area contributed by atoms with Gasteiger partial charge in [-0.05, 0) is 42.7 Å². The molecular formula is C18H19F3O5. The zero-order valence-electron chi connectivity index (χ0n) is 14.4. The van der Waals surface area contributed by atoms with Crippen LogP contribution < -0.4 is 4.74 Å². The lowest BCUT2D eigenvalue weighted by molar-refractivity contribution is -0.154. The highest BCUT2D eigenvalue weighted by atomic mass is 19.4. The summed E-state index contributed by atoms with van der Waals surface area (Å²) in [6.07, 6.45) is -3.72. The maximum absolute atomic E-state index is 12.4. The Hall–Kier alpha value is -2.22. The molecule has 0 saturated carbocycles. The summed E-state index contributed by atoms with van der Waals surface area (Å²) in [6, 6.07) is 2.83. The Kier molecular flexibility index (Phi) is 4.64. The quantitative estimate of drug-likeness (QED) is 0.821. The lowest BCUT2D eigenvalue weighted by Crippen LogP contribution is -2.38. The number of carbonyl (C=O) groups is 1. The molecule has 0 aromatic heterocycles. The van der Waals surface area contributed by atoms with E-state index in [2.05, 4.69) is 0 Å². The number of hydrogen-bond acceptors (Lipinski definition) is 5. The van der Waals surface area contributed by atoms with E-state index in [0.717, 1.165) is 0 Å². The lowest BCUT2D eigenvalue weighted by Gasteiger charge is -2.31. The Bertz CT molecular complexity index is 738. The van der Waals surface area contributed by atoms with Crippen LogP contribution in [0.15, 0.2) is 17.9 Å². The van der Waals surface area contributed by atoms with E-state index in [1.54, 1.807) is 13.8 Å². The minimum Gasteiger partial charge on any atom is -0.507 e. The molecule has 0 aliphatic carbocycles. The van der Waals surface area contributed by atoms with Crippen LogP contribution in [0.2, 0.25) is 0 Å². The van der Waals surface area contributed by atoms with Crippen molar-refractivity contribution >= 4 is 11.5 Å². The van der Waals surface area contributed by atoms with E-state index in [9.17, 15) is 23.1 Å². The maximum Gasteiger partial charge on any atom is 0.422 e. The highest BCUT2D eigenvalue weighted by molar-refractivity contribution is 6.20. The van der Waals surface area contributed by atoms with Crippen LogP contribution in [0.3, 0.4) is 0 Å². The van der Waals surface area contributed by atoms with Gasteiger partial charge in [0, 0.05) is 12.8 Å². The maximum atomic E-state index is 12.4. The van der Waals surface area contributed by atoms with Crippen LogP contribution in [-0.2, 0) is 14.3 Å². The van der Waals surface area contributed by atoms with Crippen LogP contribution in [0.5, 0.6) is 5.75 Å². The Morgan fingerprint density at radius 1 is 1.19 bits per heavy atom. The van der Waals surface area contributed by atoms with E-state index in [0.29, 0.717) is 42.7 Å². The number of rotatable bonds is 3. The van der Waals surface area contributed by atoms with E-state index in [-0.39, 0.29) is 17.1 Å². The molecule has 2 aliphatic heterocycles. The molecule has 0 radical (unpaired) electrons. The minimum atomic E-state index is -4.44. The molecule has 0 unspecified atom stereocenters. The summed E-state index contributed by atoms with van der Waals surface area (Å²) in [5.41, 5.74) is 0.476. The Balaban J connectivity index is 1.97. The number of aliphatic hydroxyl groups is 1. The van der Waals surface area contributed by atoms with E-state index < -0.39 is 24.4 Å². The third kappa shape index (κ3) is 3.38. The van der Waals surface area contributed by atoms with Gasteiger partial charge in [0.15, 0.2) is 18.0 Å². The summed E-state index contributed by atoms with van der Waals surface area (Å²) < 4.78 is 52.5. The number of hydrogen-bond donors (Lipinski definition) is 1. The molecule has 1 saturated heterocycles. The highest BCUT2D eigenvalue weighted by Gasteiger charge is 2.50. The van der Waals surface area contributed by atoms with Crippen LogP contribution in [0, 0.1) is 13.8 Å². The lowest BCUT2D eigenvalue weighted by atomic mass is 9.88. The topological polar surface area (TPSA) is 65.0 Å². The van der Waals surface area contributed by atoms with Gasteiger partial charge in [-0.2, -0.15) is 13.2 Å². The van der Waals surface area contributed by atoms with Crippen LogP contribution in [0.25, 0.3) is 5.57 Å². The molecule has 0 bridgehead atoms. The average molecular weight is 372 g/mol. The number of halogens is 3. The van der Waals surface area contributed by atoms with Gasteiger partial charge in [0.2, 0.25) is 0 Å². The summed E-state index contributed by atoms with van der Waals surface area (Å²) >= 11 is 0.